The predicted molar refractivity (Wildman–Crippen MR) is 96.3 cm³/mol. The molecule has 0 unspecified atom stereocenters. The van der Waals surface area contributed by atoms with Crippen LogP contribution in [0.1, 0.15) is 29.9 Å². The number of rotatable bonds is 4. The van der Waals surface area contributed by atoms with Crippen molar-refractivity contribution < 1.29 is 4.74 Å². The lowest BCUT2D eigenvalue weighted by atomic mass is 9.76. The van der Waals surface area contributed by atoms with Crippen LogP contribution in [0.4, 0.5) is 5.69 Å². The number of benzene rings is 2. The highest BCUT2D eigenvalue weighted by Crippen LogP contribution is 2.39. The van der Waals surface area contributed by atoms with E-state index in [1.54, 1.807) is 7.11 Å². The summed E-state index contributed by atoms with van der Waals surface area (Å²) in [6.45, 7) is 2.15. The maximum atomic E-state index is 5.21. The largest absolute Gasteiger partial charge is 0.497 e. The fourth-order valence-electron chi connectivity index (χ4n) is 2.80. The quantitative estimate of drug-likeness (QED) is 0.741. The highest BCUT2D eigenvalue weighted by molar-refractivity contribution is 14.1. The summed E-state index contributed by atoms with van der Waals surface area (Å²) in [5.41, 5.74) is 4.00. The van der Waals surface area contributed by atoms with Crippen molar-refractivity contribution in [3.05, 3.63) is 57.2 Å². The van der Waals surface area contributed by atoms with Gasteiger partial charge in [-0.2, -0.15) is 0 Å². The number of hydrogen-bond acceptors (Lipinski definition) is 2. The molecule has 0 radical (unpaired) electrons. The molecule has 1 aliphatic carbocycles. The van der Waals surface area contributed by atoms with Gasteiger partial charge in [-0.3, -0.25) is 0 Å². The molecule has 1 N–H and O–H groups in total. The minimum Gasteiger partial charge on any atom is -0.497 e. The zero-order chi connectivity index (χ0) is 14.8. The van der Waals surface area contributed by atoms with Crippen LogP contribution in [0.15, 0.2) is 42.5 Å². The Morgan fingerprint density at radius 1 is 1.10 bits per heavy atom. The van der Waals surface area contributed by atoms with Crippen molar-refractivity contribution in [3.63, 3.8) is 0 Å². The van der Waals surface area contributed by atoms with Crippen molar-refractivity contribution in [2.24, 2.45) is 0 Å². The van der Waals surface area contributed by atoms with Gasteiger partial charge in [0.2, 0.25) is 0 Å². The van der Waals surface area contributed by atoms with Crippen LogP contribution in [-0.2, 0) is 0 Å². The SMILES string of the molecule is COc1ccc(C2CC(Nc3ccc(C)c(I)c3)C2)cc1. The molecule has 3 rings (SSSR count). The Bertz CT molecular complexity index is 618. The normalized spacial score (nSPS) is 20.7. The monoisotopic (exact) mass is 393 g/mol. The molecule has 3 heteroatoms. The third-order valence-electron chi connectivity index (χ3n) is 4.27. The van der Waals surface area contributed by atoms with Crippen molar-refractivity contribution in [1.29, 1.82) is 0 Å². The van der Waals surface area contributed by atoms with Gasteiger partial charge in [-0.1, -0.05) is 18.2 Å². The van der Waals surface area contributed by atoms with Gasteiger partial charge in [0.1, 0.15) is 5.75 Å². The van der Waals surface area contributed by atoms with E-state index < -0.39 is 0 Å². The Morgan fingerprint density at radius 2 is 1.81 bits per heavy atom. The van der Waals surface area contributed by atoms with E-state index in [4.69, 9.17) is 4.74 Å². The zero-order valence-corrected chi connectivity index (χ0v) is 14.6. The molecule has 0 aromatic heterocycles. The Labute approximate surface area is 140 Å². The van der Waals surface area contributed by atoms with E-state index in [0.717, 1.165) is 5.75 Å². The number of nitrogens with one attached hydrogen (secondary N) is 1. The minimum absolute atomic E-state index is 0.593. The standard InChI is InChI=1S/C18H20INO/c1-12-3-6-15(11-18(12)19)20-16-9-14(10-16)13-4-7-17(21-2)8-5-13/h3-8,11,14,16,20H,9-10H2,1-2H3. The first-order valence-corrected chi connectivity index (χ1v) is 8.40. The smallest absolute Gasteiger partial charge is 0.118 e. The molecule has 0 amide bonds. The zero-order valence-electron chi connectivity index (χ0n) is 12.4. The second kappa shape index (κ2) is 6.26. The summed E-state index contributed by atoms with van der Waals surface area (Å²) in [6.07, 6.45) is 2.41. The van der Waals surface area contributed by atoms with Gasteiger partial charge in [-0.25, -0.2) is 0 Å². The number of aryl methyl sites for hydroxylation is 1. The molecule has 2 aromatic carbocycles. The Balaban J connectivity index is 1.56. The lowest BCUT2D eigenvalue weighted by Gasteiger charge is -2.37. The molecule has 0 saturated heterocycles. The number of hydrogen-bond donors (Lipinski definition) is 1. The maximum absolute atomic E-state index is 5.21. The van der Waals surface area contributed by atoms with Crippen molar-refractivity contribution in [2.45, 2.75) is 31.7 Å². The van der Waals surface area contributed by atoms with Crippen molar-refractivity contribution in [1.82, 2.24) is 0 Å². The molecule has 1 aliphatic rings. The molecule has 2 nitrogen and oxygen atoms in total. The first-order chi connectivity index (χ1) is 10.2. The highest BCUT2D eigenvalue weighted by atomic mass is 127. The van der Waals surface area contributed by atoms with Gasteiger partial charge in [0.25, 0.3) is 0 Å². The summed E-state index contributed by atoms with van der Waals surface area (Å²) < 4.78 is 6.53. The van der Waals surface area contributed by atoms with E-state index >= 15 is 0 Å². The van der Waals surface area contributed by atoms with Crippen LogP contribution in [0.3, 0.4) is 0 Å². The molecule has 21 heavy (non-hydrogen) atoms. The van der Waals surface area contributed by atoms with Crippen LogP contribution >= 0.6 is 22.6 Å². The summed E-state index contributed by atoms with van der Waals surface area (Å²) in [4.78, 5) is 0. The fraction of sp³-hybridized carbons (Fsp3) is 0.333. The van der Waals surface area contributed by atoms with Crippen molar-refractivity contribution in [3.8, 4) is 5.75 Å². The van der Waals surface area contributed by atoms with Gasteiger partial charge in [-0.05, 0) is 83.7 Å². The second-order valence-electron chi connectivity index (χ2n) is 5.75. The van der Waals surface area contributed by atoms with Gasteiger partial charge in [-0.15, -0.1) is 0 Å². The molecule has 0 atom stereocenters. The summed E-state index contributed by atoms with van der Waals surface area (Å²) in [5, 5.41) is 3.64. The molecule has 1 saturated carbocycles. The van der Waals surface area contributed by atoms with Crippen LogP contribution in [0.5, 0.6) is 5.75 Å². The molecule has 0 bridgehead atoms. The van der Waals surface area contributed by atoms with E-state index in [2.05, 4.69) is 77.3 Å². The van der Waals surface area contributed by atoms with Gasteiger partial charge < -0.3 is 10.1 Å². The van der Waals surface area contributed by atoms with Crippen molar-refractivity contribution in [2.75, 3.05) is 12.4 Å². The number of halogens is 1. The number of ether oxygens (including phenoxy) is 1. The molecule has 1 fully saturated rings. The second-order valence-corrected chi connectivity index (χ2v) is 6.91. The summed E-state index contributed by atoms with van der Waals surface area (Å²) in [5.74, 6) is 1.61. The van der Waals surface area contributed by atoms with Gasteiger partial charge in [0, 0.05) is 15.3 Å². The average molecular weight is 393 g/mol. The van der Waals surface area contributed by atoms with Gasteiger partial charge in [0.05, 0.1) is 7.11 Å². The van der Waals surface area contributed by atoms with E-state index in [-0.39, 0.29) is 0 Å². The fourth-order valence-corrected chi connectivity index (χ4v) is 3.32. The predicted octanol–water partition coefficient (Wildman–Crippen LogP) is 4.97. The van der Waals surface area contributed by atoms with E-state index in [9.17, 15) is 0 Å². The third kappa shape index (κ3) is 3.34. The van der Waals surface area contributed by atoms with E-state index in [1.807, 2.05) is 0 Å². The van der Waals surface area contributed by atoms with Crippen molar-refractivity contribution >= 4 is 28.3 Å². The first kappa shape index (κ1) is 14.7. The van der Waals surface area contributed by atoms with Crippen LogP contribution < -0.4 is 10.1 Å². The average Bonchev–Trinajstić information content (AvgIpc) is 2.46. The Hall–Kier alpha value is -1.23. The first-order valence-electron chi connectivity index (χ1n) is 7.32. The van der Waals surface area contributed by atoms with Crippen LogP contribution in [0.25, 0.3) is 0 Å². The molecule has 110 valence electrons. The highest BCUT2D eigenvalue weighted by Gasteiger charge is 2.30. The summed E-state index contributed by atoms with van der Waals surface area (Å²) in [7, 11) is 1.71. The summed E-state index contributed by atoms with van der Waals surface area (Å²) in [6, 6.07) is 15.7. The van der Waals surface area contributed by atoms with E-state index in [0.29, 0.717) is 12.0 Å². The lowest BCUT2D eigenvalue weighted by Crippen LogP contribution is -2.34. The maximum Gasteiger partial charge on any atom is 0.118 e. The molecule has 0 aliphatic heterocycles. The number of methoxy groups -OCH3 is 1. The molecule has 0 spiro atoms. The molecule has 0 heterocycles. The van der Waals surface area contributed by atoms with Crippen LogP contribution in [0.2, 0.25) is 0 Å². The van der Waals surface area contributed by atoms with Crippen LogP contribution in [0, 0.1) is 10.5 Å². The molecular formula is C18H20INO. The Morgan fingerprint density at radius 3 is 2.43 bits per heavy atom. The Kier molecular flexibility index (Phi) is 4.38. The molecular weight excluding hydrogens is 373 g/mol. The minimum atomic E-state index is 0.593. The number of anilines is 1. The molecule has 2 aromatic rings. The summed E-state index contributed by atoms with van der Waals surface area (Å²) >= 11 is 2.39. The van der Waals surface area contributed by atoms with E-state index in [1.165, 1.54) is 33.2 Å². The van der Waals surface area contributed by atoms with Crippen LogP contribution in [-0.4, -0.2) is 13.2 Å². The lowest BCUT2D eigenvalue weighted by molar-refractivity contribution is 0.373. The van der Waals surface area contributed by atoms with Gasteiger partial charge in [0.15, 0.2) is 0 Å². The topological polar surface area (TPSA) is 21.3 Å². The van der Waals surface area contributed by atoms with Gasteiger partial charge >= 0.3 is 0 Å². The third-order valence-corrected chi connectivity index (χ3v) is 5.43.